The lowest BCUT2D eigenvalue weighted by atomic mass is 9.95. The number of aryl methyl sites for hydroxylation is 1. The van der Waals surface area contributed by atoms with E-state index < -0.39 is 0 Å². The van der Waals surface area contributed by atoms with Crippen LogP contribution < -0.4 is 4.90 Å². The topological polar surface area (TPSA) is 27.0 Å². The van der Waals surface area contributed by atoms with Crippen molar-refractivity contribution in [2.75, 3.05) is 18.0 Å². The lowest BCUT2D eigenvalue weighted by Gasteiger charge is -2.33. The van der Waals surface area contributed by atoms with Gasteiger partial charge < -0.3 is 4.90 Å². The fourth-order valence-corrected chi connectivity index (χ4v) is 2.55. The predicted octanol–water partition coefficient (Wildman–Crippen LogP) is 3.78. The van der Waals surface area contributed by atoms with Crippen molar-refractivity contribution in [1.29, 1.82) is 5.26 Å². The molecule has 1 aromatic carbocycles. The summed E-state index contributed by atoms with van der Waals surface area (Å²) in [4.78, 5) is 2.34. The third-order valence-corrected chi connectivity index (χ3v) is 3.83. The first kappa shape index (κ1) is 12.3. The summed E-state index contributed by atoms with van der Waals surface area (Å²) in [5.41, 5.74) is 2.30. The minimum atomic E-state index is 0.508. The molecule has 17 heavy (non-hydrogen) atoms. The second kappa shape index (κ2) is 5.42. The SMILES string of the molecule is Cc1ccc(N2CCCC(CC#N)C2)cc1Cl. The van der Waals surface area contributed by atoms with Gasteiger partial charge in [0.2, 0.25) is 0 Å². The zero-order chi connectivity index (χ0) is 12.3. The average Bonchev–Trinajstić information content (AvgIpc) is 2.33. The molecule has 0 N–H and O–H groups in total. The van der Waals surface area contributed by atoms with Gasteiger partial charge in [-0.2, -0.15) is 5.26 Å². The summed E-state index contributed by atoms with van der Waals surface area (Å²) in [5.74, 6) is 0.508. The number of rotatable bonds is 2. The van der Waals surface area contributed by atoms with E-state index in [9.17, 15) is 0 Å². The molecule has 2 rings (SSSR count). The van der Waals surface area contributed by atoms with Crippen molar-refractivity contribution in [3.63, 3.8) is 0 Å². The Morgan fingerprint density at radius 2 is 2.35 bits per heavy atom. The van der Waals surface area contributed by atoms with Crippen LogP contribution in [-0.4, -0.2) is 13.1 Å². The number of anilines is 1. The van der Waals surface area contributed by atoms with Crippen LogP contribution in [0.25, 0.3) is 0 Å². The summed E-state index contributed by atoms with van der Waals surface area (Å²) >= 11 is 6.15. The lowest BCUT2D eigenvalue weighted by Crippen LogP contribution is -2.35. The van der Waals surface area contributed by atoms with E-state index >= 15 is 0 Å². The zero-order valence-corrected chi connectivity index (χ0v) is 10.9. The third kappa shape index (κ3) is 2.92. The number of piperidine rings is 1. The highest BCUT2D eigenvalue weighted by Crippen LogP contribution is 2.28. The Kier molecular flexibility index (Phi) is 3.91. The highest BCUT2D eigenvalue weighted by Gasteiger charge is 2.20. The van der Waals surface area contributed by atoms with Gasteiger partial charge in [0.15, 0.2) is 0 Å². The Hall–Kier alpha value is -1.20. The van der Waals surface area contributed by atoms with Crippen molar-refractivity contribution in [1.82, 2.24) is 0 Å². The van der Waals surface area contributed by atoms with Gasteiger partial charge in [-0.3, -0.25) is 0 Å². The molecule has 0 spiro atoms. The third-order valence-electron chi connectivity index (χ3n) is 3.42. The van der Waals surface area contributed by atoms with Gasteiger partial charge in [-0.1, -0.05) is 17.7 Å². The summed E-state index contributed by atoms with van der Waals surface area (Å²) in [5, 5.41) is 9.59. The normalized spacial score (nSPS) is 20.1. The van der Waals surface area contributed by atoms with Crippen molar-refractivity contribution in [2.24, 2.45) is 5.92 Å². The van der Waals surface area contributed by atoms with Crippen LogP contribution in [0.2, 0.25) is 5.02 Å². The molecule has 0 radical (unpaired) electrons. The van der Waals surface area contributed by atoms with Gasteiger partial charge in [-0.25, -0.2) is 0 Å². The first-order chi connectivity index (χ1) is 8.20. The molecular weight excluding hydrogens is 232 g/mol. The zero-order valence-electron chi connectivity index (χ0n) is 10.1. The first-order valence-corrected chi connectivity index (χ1v) is 6.46. The van der Waals surface area contributed by atoms with Gasteiger partial charge in [-0.15, -0.1) is 0 Å². The van der Waals surface area contributed by atoms with Crippen molar-refractivity contribution < 1.29 is 0 Å². The molecule has 1 aromatic rings. The number of hydrogen-bond acceptors (Lipinski definition) is 2. The summed E-state index contributed by atoms with van der Waals surface area (Å²) in [6.07, 6.45) is 3.00. The molecule has 1 aliphatic heterocycles. The van der Waals surface area contributed by atoms with E-state index in [-0.39, 0.29) is 0 Å². The maximum atomic E-state index is 8.77. The monoisotopic (exact) mass is 248 g/mol. The van der Waals surface area contributed by atoms with Crippen LogP contribution in [0.5, 0.6) is 0 Å². The molecule has 1 heterocycles. The van der Waals surface area contributed by atoms with E-state index in [1.165, 1.54) is 12.1 Å². The Morgan fingerprint density at radius 3 is 3.06 bits per heavy atom. The number of benzene rings is 1. The molecule has 0 aromatic heterocycles. The summed E-state index contributed by atoms with van der Waals surface area (Å²) in [6.45, 7) is 4.06. The molecule has 1 saturated heterocycles. The fourth-order valence-electron chi connectivity index (χ4n) is 2.37. The van der Waals surface area contributed by atoms with Crippen molar-refractivity contribution in [2.45, 2.75) is 26.2 Å². The minimum absolute atomic E-state index is 0.508. The Labute approximate surface area is 108 Å². The number of halogens is 1. The average molecular weight is 249 g/mol. The largest absolute Gasteiger partial charge is 0.371 e. The maximum Gasteiger partial charge on any atom is 0.0625 e. The molecule has 1 aliphatic rings. The minimum Gasteiger partial charge on any atom is -0.371 e. The summed E-state index contributed by atoms with van der Waals surface area (Å²) < 4.78 is 0. The number of nitrogens with zero attached hydrogens (tertiary/aromatic N) is 2. The standard InChI is InChI=1S/C14H17ClN2/c1-11-4-5-13(9-14(11)15)17-8-2-3-12(10-17)6-7-16/h4-5,9,12H,2-3,6,8,10H2,1H3. The highest BCUT2D eigenvalue weighted by atomic mass is 35.5. The summed E-state index contributed by atoms with van der Waals surface area (Å²) in [7, 11) is 0. The van der Waals surface area contributed by atoms with Crippen molar-refractivity contribution in [3.8, 4) is 6.07 Å². The molecule has 0 aliphatic carbocycles. The van der Waals surface area contributed by atoms with Gasteiger partial charge in [-0.05, 0) is 43.4 Å². The molecular formula is C14H17ClN2. The van der Waals surface area contributed by atoms with Crippen LogP contribution in [0.4, 0.5) is 5.69 Å². The lowest BCUT2D eigenvalue weighted by molar-refractivity contribution is 0.422. The predicted molar refractivity (Wildman–Crippen MR) is 71.4 cm³/mol. The van der Waals surface area contributed by atoms with Gasteiger partial charge in [0.05, 0.1) is 6.07 Å². The van der Waals surface area contributed by atoms with E-state index in [1.54, 1.807) is 0 Å². The molecule has 0 amide bonds. The molecule has 1 fully saturated rings. The van der Waals surface area contributed by atoms with Gasteiger partial charge >= 0.3 is 0 Å². The molecule has 90 valence electrons. The summed E-state index contributed by atoms with van der Waals surface area (Å²) in [6, 6.07) is 8.49. The molecule has 2 nitrogen and oxygen atoms in total. The van der Waals surface area contributed by atoms with E-state index in [2.05, 4.69) is 23.1 Å². The Morgan fingerprint density at radius 1 is 1.53 bits per heavy atom. The van der Waals surface area contributed by atoms with Crippen LogP contribution in [0.3, 0.4) is 0 Å². The number of hydrogen-bond donors (Lipinski definition) is 0. The molecule has 0 bridgehead atoms. The smallest absolute Gasteiger partial charge is 0.0625 e. The second-order valence-electron chi connectivity index (χ2n) is 4.75. The Balaban J connectivity index is 2.11. The van der Waals surface area contributed by atoms with Crippen LogP contribution in [0, 0.1) is 24.2 Å². The fraction of sp³-hybridized carbons (Fsp3) is 0.500. The van der Waals surface area contributed by atoms with Crippen LogP contribution in [0.1, 0.15) is 24.8 Å². The quantitative estimate of drug-likeness (QED) is 0.797. The maximum absolute atomic E-state index is 8.77. The van der Waals surface area contributed by atoms with E-state index in [1.807, 2.05) is 13.0 Å². The van der Waals surface area contributed by atoms with E-state index in [0.717, 1.165) is 30.1 Å². The van der Waals surface area contributed by atoms with Crippen LogP contribution >= 0.6 is 11.6 Å². The second-order valence-corrected chi connectivity index (χ2v) is 5.16. The highest BCUT2D eigenvalue weighted by molar-refractivity contribution is 6.31. The van der Waals surface area contributed by atoms with Crippen molar-refractivity contribution in [3.05, 3.63) is 28.8 Å². The molecule has 1 unspecified atom stereocenters. The van der Waals surface area contributed by atoms with Crippen LogP contribution in [-0.2, 0) is 0 Å². The molecule has 3 heteroatoms. The van der Waals surface area contributed by atoms with E-state index in [4.69, 9.17) is 16.9 Å². The first-order valence-electron chi connectivity index (χ1n) is 6.08. The number of nitriles is 1. The molecule has 1 atom stereocenters. The van der Waals surface area contributed by atoms with Gasteiger partial charge in [0, 0.05) is 30.2 Å². The van der Waals surface area contributed by atoms with Crippen molar-refractivity contribution >= 4 is 17.3 Å². The Bertz CT molecular complexity index is 436. The molecule has 0 saturated carbocycles. The van der Waals surface area contributed by atoms with Gasteiger partial charge in [0.1, 0.15) is 0 Å². The van der Waals surface area contributed by atoms with Crippen LogP contribution in [0.15, 0.2) is 18.2 Å². The van der Waals surface area contributed by atoms with Gasteiger partial charge in [0.25, 0.3) is 0 Å². The van der Waals surface area contributed by atoms with E-state index in [0.29, 0.717) is 12.3 Å².